The number of aliphatic imine (C=N–C) groups is 1. The fourth-order valence-corrected chi connectivity index (χ4v) is 2.07. The van der Waals surface area contributed by atoms with E-state index in [9.17, 15) is 18.0 Å². The monoisotopic (exact) mass is 402 g/mol. The Hall–Kier alpha value is -2.29. The summed E-state index contributed by atoms with van der Waals surface area (Å²) in [6.45, 7) is 1.99. The molecule has 1 amide bonds. The van der Waals surface area contributed by atoms with Gasteiger partial charge in [0.05, 0.1) is 19.7 Å². The molecule has 0 aliphatic heterocycles. The van der Waals surface area contributed by atoms with Gasteiger partial charge in [-0.25, -0.2) is 4.99 Å². The maximum Gasteiger partial charge on any atom is 0.411 e. The van der Waals surface area contributed by atoms with Gasteiger partial charge in [-0.05, 0) is 17.5 Å². The zero-order valence-corrected chi connectivity index (χ0v) is 16.6. The maximum absolute atomic E-state index is 12.1. The molecule has 1 rings (SSSR count). The van der Waals surface area contributed by atoms with Crippen LogP contribution in [0.4, 0.5) is 13.2 Å². The molecule has 9 heteroatoms. The number of ether oxygens (including phenoxy) is 1. The SMILES string of the molecule is CCCCNC(=NCc1ccc(COCC(F)(F)F)cc1)NCC(=O)N(C)C. The Bertz CT molecular complexity index is 617. The van der Waals surface area contributed by atoms with Gasteiger partial charge in [-0.15, -0.1) is 0 Å². The summed E-state index contributed by atoms with van der Waals surface area (Å²) in [5.41, 5.74) is 1.56. The molecular weight excluding hydrogens is 373 g/mol. The lowest BCUT2D eigenvalue weighted by atomic mass is 10.1. The zero-order valence-electron chi connectivity index (χ0n) is 16.6. The van der Waals surface area contributed by atoms with Crippen LogP contribution in [0.25, 0.3) is 0 Å². The van der Waals surface area contributed by atoms with Crippen molar-refractivity contribution >= 4 is 11.9 Å². The highest BCUT2D eigenvalue weighted by Crippen LogP contribution is 2.16. The average molecular weight is 402 g/mol. The Morgan fingerprint density at radius 1 is 1.14 bits per heavy atom. The van der Waals surface area contributed by atoms with E-state index >= 15 is 0 Å². The Balaban J connectivity index is 2.59. The van der Waals surface area contributed by atoms with Gasteiger partial charge in [-0.2, -0.15) is 13.2 Å². The number of benzene rings is 1. The highest BCUT2D eigenvalue weighted by molar-refractivity contribution is 5.86. The number of rotatable bonds is 10. The minimum absolute atomic E-state index is 0.0619. The summed E-state index contributed by atoms with van der Waals surface area (Å²) in [5.74, 6) is 0.481. The molecule has 2 N–H and O–H groups in total. The van der Waals surface area contributed by atoms with E-state index in [4.69, 9.17) is 0 Å². The topological polar surface area (TPSA) is 66.0 Å². The highest BCUT2D eigenvalue weighted by atomic mass is 19.4. The molecule has 0 fully saturated rings. The second-order valence-corrected chi connectivity index (χ2v) is 6.51. The summed E-state index contributed by atoms with van der Waals surface area (Å²) in [6.07, 6.45) is -2.31. The van der Waals surface area contributed by atoms with Crippen LogP contribution in [0.5, 0.6) is 0 Å². The summed E-state index contributed by atoms with van der Waals surface area (Å²) >= 11 is 0. The Labute approximate surface area is 164 Å². The van der Waals surface area contributed by atoms with Crippen LogP contribution in [0.2, 0.25) is 0 Å². The standard InChI is InChI=1S/C19H29F3N4O2/c1-4-5-10-23-18(25-12-17(27)26(2)3)24-11-15-6-8-16(9-7-15)13-28-14-19(20,21)22/h6-9H,4-5,10-14H2,1-3H3,(H2,23,24,25). The summed E-state index contributed by atoms with van der Waals surface area (Å²) in [7, 11) is 3.37. The van der Waals surface area contributed by atoms with Gasteiger partial charge in [0.15, 0.2) is 5.96 Å². The van der Waals surface area contributed by atoms with E-state index in [0.717, 1.165) is 24.9 Å². The number of guanidine groups is 1. The molecule has 0 heterocycles. The van der Waals surface area contributed by atoms with Gasteiger partial charge >= 0.3 is 6.18 Å². The lowest BCUT2D eigenvalue weighted by Crippen LogP contribution is -2.43. The molecule has 1 aromatic carbocycles. The third kappa shape index (κ3) is 10.8. The molecule has 0 bridgehead atoms. The van der Waals surface area contributed by atoms with E-state index in [-0.39, 0.29) is 19.1 Å². The largest absolute Gasteiger partial charge is 0.411 e. The summed E-state index contributed by atoms with van der Waals surface area (Å²) < 4.78 is 40.9. The lowest BCUT2D eigenvalue weighted by molar-refractivity contribution is -0.176. The minimum Gasteiger partial charge on any atom is -0.367 e. The van der Waals surface area contributed by atoms with Gasteiger partial charge in [0.1, 0.15) is 6.61 Å². The number of hydrogen-bond donors (Lipinski definition) is 2. The summed E-state index contributed by atoms with van der Waals surface area (Å²) in [4.78, 5) is 17.7. The van der Waals surface area contributed by atoms with Crippen LogP contribution in [0, 0.1) is 0 Å². The number of halogens is 3. The molecule has 0 atom stereocenters. The van der Waals surface area contributed by atoms with Crippen LogP contribution in [0.3, 0.4) is 0 Å². The van der Waals surface area contributed by atoms with Crippen molar-refractivity contribution in [3.63, 3.8) is 0 Å². The van der Waals surface area contributed by atoms with Crippen molar-refractivity contribution in [2.45, 2.75) is 39.1 Å². The number of unbranched alkanes of at least 4 members (excludes halogenated alkanes) is 1. The lowest BCUT2D eigenvalue weighted by Gasteiger charge is -2.15. The third-order valence-corrected chi connectivity index (χ3v) is 3.71. The molecule has 158 valence electrons. The zero-order chi connectivity index (χ0) is 21.0. The van der Waals surface area contributed by atoms with E-state index in [0.29, 0.717) is 18.1 Å². The van der Waals surface area contributed by atoms with Crippen molar-refractivity contribution in [2.75, 3.05) is 33.8 Å². The van der Waals surface area contributed by atoms with Crippen molar-refractivity contribution in [1.82, 2.24) is 15.5 Å². The predicted octanol–water partition coefficient (Wildman–Crippen LogP) is 2.69. The normalized spacial score (nSPS) is 12.0. The molecule has 1 aromatic rings. The Kier molecular flexibility index (Phi) is 10.4. The van der Waals surface area contributed by atoms with Gasteiger partial charge in [0.2, 0.25) is 5.91 Å². The van der Waals surface area contributed by atoms with Crippen molar-refractivity contribution in [3.05, 3.63) is 35.4 Å². The van der Waals surface area contributed by atoms with Crippen molar-refractivity contribution in [2.24, 2.45) is 4.99 Å². The van der Waals surface area contributed by atoms with Crippen LogP contribution in [-0.4, -0.2) is 56.7 Å². The Morgan fingerprint density at radius 2 is 1.79 bits per heavy atom. The number of amides is 1. The van der Waals surface area contributed by atoms with Gasteiger partial charge in [0.25, 0.3) is 0 Å². The van der Waals surface area contributed by atoms with Crippen molar-refractivity contribution < 1.29 is 22.7 Å². The summed E-state index contributed by atoms with van der Waals surface area (Å²) in [5, 5.41) is 6.18. The van der Waals surface area contributed by atoms with Crippen LogP contribution >= 0.6 is 0 Å². The fourth-order valence-electron chi connectivity index (χ4n) is 2.07. The number of carbonyl (C=O) groups excluding carboxylic acids is 1. The molecule has 0 saturated carbocycles. The first kappa shape index (κ1) is 23.7. The van der Waals surface area contributed by atoms with Gasteiger partial charge in [-0.3, -0.25) is 4.79 Å². The average Bonchev–Trinajstić information content (AvgIpc) is 2.63. The second kappa shape index (κ2) is 12.2. The van der Waals surface area contributed by atoms with E-state index in [2.05, 4.69) is 27.3 Å². The summed E-state index contributed by atoms with van der Waals surface area (Å²) in [6, 6.07) is 7.03. The number of alkyl halides is 3. The van der Waals surface area contributed by atoms with E-state index in [1.807, 2.05) is 0 Å². The third-order valence-electron chi connectivity index (χ3n) is 3.71. The quantitative estimate of drug-likeness (QED) is 0.359. The first-order valence-corrected chi connectivity index (χ1v) is 9.16. The Morgan fingerprint density at radius 3 is 2.36 bits per heavy atom. The molecule has 0 unspecified atom stereocenters. The van der Waals surface area contributed by atoms with Crippen molar-refractivity contribution in [1.29, 1.82) is 0 Å². The molecule has 0 aliphatic rings. The van der Waals surface area contributed by atoms with Gasteiger partial charge < -0.3 is 20.3 Å². The van der Waals surface area contributed by atoms with Crippen LogP contribution in [0.15, 0.2) is 29.3 Å². The first-order valence-electron chi connectivity index (χ1n) is 9.16. The number of nitrogens with one attached hydrogen (secondary N) is 2. The van der Waals surface area contributed by atoms with Crippen LogP contribution in [-0.2, 0) is 22.7 Å². The predicted molar refractivity (Wildman–Crippen MR) is 103 cm³/mol. The molecule has 0 saturated heterocycles. The van der Waals surface area contributed by atoms with Gasteiger partial charge in [0, 0.05) is 20.6 Å². The second-order valence-electron chi connectivity index (χ2n) is 6.51. The van der Waals surface area contributed by atoms with Gasteiger partial charge in [-0.1, -0.05) is 37.6 Å². The maximum atomic E-state index is 12.1. The number of nitrogens with zero attached hydrogens (tertiary/aromatic N) is 2. The molecule has 0 spiro atoms. The smallest absolute Gasteiger partial charge is 0.367 e. The molecular formula is C19H29F3N4O2. The molecule has 0 radical (unpaired) electrons. The number of hydrogen-bond acceptors (Lipinski definition) is 3. The van der Waals surface area contributed by atoms with E-state index < -0.39 is 12.8 Å². The van der Waals surface area contributed by atoms with Crippen LogP contribution in [0.1, 0.15) is 30.9 Å². The highest BCUT2D eigenvalue weighted by Gasteiger charge is 2.27. The minimum atomic E-state index is -4.32. The van der Waals surface area contributed by atoms with Crippen molar-refractivity contribution in [3.8, 4) is 0 Å². The molecule has 6 nitrogen and oxygen atoms in total. The fraction of sp³-hybridized carbons (Fsp3) is 0.579. The van der Waals surface area contributed by atoms with E-state index in [1.165, 1.54) is 4.90 Å². The first-order chi connectivity index (χ1) is 13.2. The number of likely N-dealkylation sites (N-methyl/N-ethyl adjacent to an activating group) is 1. The molecule has 0 aromatic heterocycles. The van der Waals surface area contributed by atoms with E-state index in [1.54, 1.807) is 38.4 Å². The molecule has 0 aliphatic carbocycles. The number of carbonyl (C=O) groups is 1. The molecule has 28 heavy (non-hydrogen) atoms. The van der Waals surface area contributed by atoms with Crippen LogP contribution < -0.4 is 10.6 Å².